The third-order valence-electron chi connectivity index (χ3n) is 4.18. The zero-order valence-electron chi connectivity index (χ0n) is 11.7. The molecule has 2 rings (SSSR count). The largest absolute Gasteiger partial charge is 0.481 e. The summed E-state index contributed by atoms with van der Waals surface area (Å²) in [6, 6.07) is 4.96. The van der Waals surface area contributed by atoms with Crippen LogP contribution in [0.4, 0.5) is 0 Å². The summed E-state index contributed by atoms with van der Waals surface area (Å²) in [4.78, 5) is 24.0. The molecule has 0 aliphatic heterocycles. The Labute approximate surface area is 140 Å². The lowest BCUT2D eigenvalue weighted by atomic mass is 9.71. The van der Waals surface area contributed by atoms with Crippen LogP contribution in [0.5, 0.6) is 0 Å². The first-order valence-corrected chi connectivity index (χ1v) is 8.42. The van der Waals surface area contributed by atoms with Gasteiger partial charge >= 0.3 is 5.97 Å². The molecule has 1 aromatic rings. The molecule has 21 heavy (non-hydrogen) atoms. The molecule has 114 valence electrons. The Bertz CT molecular complexity index is 576. The first-order chi connectivity index (χ1) is 9.84. The third-order valence-corrected chi connectivity index (χ3v) is 5.33. The van der Waals surface area contributed by atoms with E-state index in [0.717, 1.165) is 17.3 Å². The minimum absolute atomic E-state index is 0.242. The number of carboxylic acids is 1. The predicted octanol–water partition coefficient (Wildman–Crippen LogP) is 3.97. The molecule has 4 nitrogen and oxygen atoms in total. The normalized spacial score (nSPS) is 25.4. The van der Waals surface area contributed by atoms with Crippen molar-refractivity contribution in [2.75, 3.05) is 0 Å². The molecule has 1 aromatic carbocycles. The molecule has 0 saturated heterocycles. The Kier molecular flexibility index (Phi) is 5.09. The monoisotopic (exact) mass is 417 g/mol. The van der Waals surface area contributed by atoms with E-state index in [4.69, 9.17) is 0 Å². The average Bonchev–Trinajstić information content (AvgIpc) is 2.41. The summed E-state index contributed by atoms with van der Waals surface area (Å²) in [5.41, 5.74) is -0.382. The van der Waals surface area contributed by atoms with Crippen molar-refractivity contribution in [1.29, 1.82) is 0 Å². The molecule has 0 aromatic heterocycles. The van der Waals surface area contributed by atoms with Crippen molar-refractivity contribution in [1.82, 2.24) is 5.32 Å². The lowest BCUT2D eigenvalue weighted by Crippen LogP contribution is -2.52. The summed E-state index contributed by atoms with van der Waals surface area (Å²) in [7, 11) is 0. The van der Waals surface area contributed by atoms with Gasteiger partial charge in [-0.25, -0.2) is 0 Å². The number of halogens is 2. The molecule has 1 aliphatic carbocycles. The summed E-state index contributed by atoms with van der Waals surface area (Å²) in [6.45, 7) is 1.72. The second kappa shape index (κ2) is 6.48. The molecule has 0 spiro atoms. The molecule has 0 radical (unpaired) electrons. The number of benzene rings is 1. The first-order valence-electron chi connectivity index (χ1n) is 6.84. The van der Waals surface area contributed by atoms with E-state index in [1.165, 1.54) is 0 Å². The predicted molar refractivity (Wildman–Crippen MR) is 87.3 cm³/mol. The van der Waals surface area contributed by atoms with Crippen molar-refractivity contribution in [2.24, 2.45) is 5.41 Å². The molecule has 1 aliphatic rings. The van der Waals surface area contributed by atoms with Crippen molar-refractivity contribution in [3.63, 3.8) is 0 Å². The Morgan fingerprint density at radius 2 is 2.05 bits per heavy atom. The van der Waals surface area contributed by atoms with Crippen LogP contribution in [0, 0.1) is 5.41 Å². The molecule has 2 N–H and O–H groups in total. The van der Waals surface area contributed by atoms with Gasteiger partial charge in [0.2, 0.25) is 0 Å². The van der Waals surface area contributed by atoms with Gasteiger partial charge in [0.1, 0.15) is 0 Å². The van der Waals surface area contributed by atoms with Gasteiger partial charge in [0.25, 0.3) is 5.91 Å². The number of amides is 1. The van der Waals surface area contributed by atoms with Crippen LogP contribution in [0.1, 0.15) is 43.0 Å². The minimum atomic E-state index is -0.893. The fourth-order valence-corrected chi connectivity index (χ4v) is 3.96. The van der Waals surface area contributed by atoms with Crippen LogP contribution in [0.15, 0.2) is 27.1 Å². The number of carbonyl (C=O) groups excluding carboxylic acids is 1. The molecule has 0 bridgehead atoms. The maximum Gasteiger partial charge on any atom is 0.311 e. The number of hydrogen-bond donors (Lipinski definition) is 2. The molecule has 1 amide bonds. The Morgan fingerprint density at radius 3 is 2.67 bits per heavy atom. The van der Waals surface area contributed by atoms with E-state index in [1.54, 1.807) is 25.1 Å². The van der Waals surface area contributed by atoms with Crippen molar-refractivity contribution in [3.8, 4) is 0 Å². The second-order valence-corrected chi connectivity index (χ2v) is 7.39. The summed E-state index contributed by atoms with van der Waals surface area (Å²) in [5.74, 6) is -1.09. The maximum absolute atomic E-state index is 12.4. The molecular formula is C15H17Br2NO3. The Morgan fingerprint density at radius 1 is 1.33 bits per heavy atom. The Balaban J connectivity index is 2.19. The van der Waals surface area contributed by atoms with Gasteiger partial charge in [-0.15, -0.1) is 0 Å². The molecule has 1 fully saturated rings. The SMILES string of the molecule is CC1(C(=O)O)CCCCC1NC(=O)c1ccc(Br)cc1Br. The zero-order chi connectivity index (χ0) is 15.6. The highest BCUT2D eigenvalue weighted by Gasteiger charge is 2.43. The highest BCUT2D eigenvalue weighted by molar-refractivity contribution is 9.11. The molecule has 2 atom stereocenters. The van der Waals surface area contributed by atoms with Crippen LogP contribution < -0.4 is 5.32 Å². The number of nitrogens with one attached hydrogen (secondary N) is 1. The van der Waals surface area contributed by atoms with Crippen LogP contribution in [0.25, 0.3) is 0 Å². The fourth-order valence-electron chi connectivity index (χ4n) is 2.73. The number of carbonyl (C=O) groups is 2. The fraction of sp³-hybridized carbons (Fsp3) is 0.467. The Hall–Kier alpha value is -0.880. The summed E-state index contributed by atoms with van der Waals surface area (Å²) in [5, 5.41) is 12.4. The highest BCUT2D eigenvalue weighted by atomic mass is 79.9. The van der Waals surface area contributed by atoms with Crippen molar-refractivity contribution < 1.29 is 14.7 Å². The van der Waals surface area contributed by atoms with Crippen LogP contribution in [0.2, 0.25) is 0 Å². The number of aliphatic carboxylic acids is 1. The van der Waals surface area contributed by atoms with Gasteiger partial charge in [-0.05, 0) is 53.9 Å². The van der Waals surface area contributed by atoms with E-state index >= 15 is 0 Å². The summed E-state index contributed by atoms with van der Waals surface area (Å²) < 4.78 is 1.56. The van der Waals surface area contributed by atoms with Crippen LogP contribution in [-0.2, 0) is 4.79 Å². The van der Waals surface area contributed by atoms with Crippen LogP contribution in [0.3, 0.4) is 0 Å². The first kappa shape index (κ1) is 16.5. The lowest BCUT2D eigenvalue weighted by molar-refractivity contribution is -0.151. The standard InChI is InChI=1S/C15H17Br2NO3/c1-15(14(20)21)7-3-2-4-12(15)18-13(19)10-6-5-9(16)8-11(10)17/h5-6,8,12H,2-4,7H2,1H3,(H,18,19)(H,20,21). The molecular weight excluding hydrogens is 402 g/mol. The van der Waals surface area contributed by atoms with Crippen molar-refractivity contribution in [3.05, 3.63) is 32.7 Å². The highest BCUT2D eigenvalue weighted by Crippen LogP contribution is 2.36. The van der Waals surface area contributed by atoms with Gasteiger partial charge in [-0.3, -0.25) is 9.59 Å². The van der Waals surface area contributed by atoms with E-state index in [1.807, 2.05) is 0 Å². The molecule has 2 unspecified atom stereocenters. The van der Waals surface area contributed by atoms with Crippen LogP contribution in [-0.4, -0.2) is 23.0 Å². The van der Waals surface area contributed by atoms with Crippen molar-refractivity contribution >= 4 is 43.7 Å². The maximum atomic E-state index is 12.4. The average molecular weight is 419 g/mol. The number of rotatable bonds is 3. The quantitative estimate of drug-likeness (QED) is 0.780. The van der Waals surface area contributed by atoms with Gasteiger partial charge in [-0.2, -0.15) is 0 Å². The third kappa shape index (κ3) is 3.48. The zero-order valence-corrected chi connectivity index (χ0v) is 14.8. The van der Waals surface area contributed by atoms with E-state index in [-0.39, 0.29) is 11.9 Å². The van der Waals surface area contributed by atoms with E-state index in [0.29, 0.717) is 22.9 Å². The van der Waals surface area contributed by atoms with Gasteiger partial charge in [-0.1, -0.05) is 28.8 Å². The van der Waals surface area contributed by atoms with Gasteiger partial charge in [0.05, 0.1) is 11.0 Å². The van der Waals surface area contributed by atoms with Crippen LogP contribution >= 0.6 is 31.9 Å². The molecule has 1 saturated carbocycles. The van der Waals surface area contributed by atoms with Gasteiger partial charge < -0.3 is 10.4 Å². The lowest BCUT2D eigenvalue weighted by Gasteiger charge is -2.38. The molecule has 0 heterocycles. The minimum Gasteiger partial charge on any atom is -0.481 e. The van der Waals surface area contributed by atoms with Crippen molar-refractivity contribution in [2.45, 2.75) is 38.6 Å². The van der Waals surface area contributed by atoms with Gasteiger partial charge in [0.15, 0.2) is 0 Å². The summed E-state index contributed by atoms with van der Waals surface area (Å²) in [6.07, 6.45) is 3.12. The van der Waals surface area contributed by atoms with E-state index in [9.17, 15) is 14.7 Å². The molecule has 6 heteroatoms. The number of hydrogen-bond acceptors (Lipinski definition) is 2. The van der Waals surface area contributed by atoms with E-state index < -0.39 is 11.4 Å². The van der Waals surface area contributed by atoms with E-state index in [2.05, 4.69) is 37.2 Å². The second-order valence-electron chi connectivity index (χ2n) is 5.62. The summed E-state index contributed by atoms with van der Waals surface area (Å²) >= 11 is 6.70. The smallest absolute Gasteiger partial charge is 0.311 e. The number of carboxylic acid groups (broad SMARTS) is 1. The van der Waals surface area contributed by atoms with Gasteiger partial charge in [0, 0.05) is 15.0 Å². The topological polar surface area (TPSA) is 66.4 Å².